The van der Waals surface area contributed by atoms with Crippen LogP contribution in [-0.4, -0.2) is 23.0 Å². The number of anilines is 1. The molecule has 0 aliphatic carbocycles. The third-order valence-corrected chi connectivity index (χ3v) is 7.36. The van der Waals surface area contributed by atoms with Gasteiger partial charge in [0.25, 0.3) is 11.6 Å². The fourth-order valence-electron chi connectivity index (χ4n) is 4.45. The van der Waals surface area contributed by atoms with Gasteiger partial charge in [0.15, 0.2) is 0 Å². The molecule has 0 saturated carbocycles. The Labute approximate surface area is 189 Å². The molecule has 0 fully saturated rings. The number of thiophene rings is 1. The maximum absolute atomic E-state index is 13.8. The van der Waals surface area contributed by atoms with E-state index in [1.54, 1.807) is 6.07 Å². The lowest BCUT2D eigenvalue weighted by atomic mass is 9.80. The summed E-state index contributed by atoms with van der Waals surface area (Å²) in [6.45, 7) is 8.77. The molecule has 6 nitrogen and oxygen atoms in total. The number of benzene rings is 2. The van der Waals surface area contributed by atoms with E-state index in [9.17, 15) is 14.9 Å². The Morgan fingerprint density at radius 3 is 2.74 bits per heavy atom. The number of fused-ring (bicyclic) bond motifs is 2. The van der Waals surface area contributed by atoms with Crippen LogP contribution in [0.2, 0.25) is 5.02 Å². The Morgan fingerprint density at radius 2 is 2.06 bits per heavy atom. The second-order valence-electron chi connectivity index (χ2n) is 8.39. The van der Waals surface area contributed by atoms with Crippen molar-refractivity contribution in [1.29, 1.82) is 0 Å². The molecule has 162 valence electrons. The van der Waals surface area contributed by atoms with Gasteiger partial charge in [-0.05, 0) is 62.9 Å². The first-order chi connectivity index (χ1) is 14.6. The minimum absolute atomic E-state index is 0.0228. The average molecular weight is 459 g/mol. The molecule has 31 heavy (non-hydrogen) atoms. The fourth-order valence-corrected chi connectivity index (χ4v) is 5.93. The molecular weight excluding hydrogens is 436 g/mol. The summed E-state index contributed by atoms with van der Waals surface area (Å²) < 4.78 is 6.29. The Kier molecular flexibility index (Phi) is 5.43. The summed E-state index contributed by atoms with van der Waals surface area (Å²) in [6, 6.07) is 10.3. The maximum atomic E-state index is 13.8. The number of carbonyl (C=O) groups excluding carboxylic acids is 1. The summed E-state index contributed by atoms with van der Waals surface area (Å²) in [6.07, 6.45) is 0.787. The van der Waals surface area contributed by atoms with Crippen LogP contribution >= 0.6 is 22.9 Å². The minimum atomic E-state index is -0.449. The van der Waals surface area contributed by atoms with Gasteiger partial charge in [-0.1, -0.05) is 18.5 Å². The normalized spacial score (nSPS) is 17.5. The second-order valence-corrected chi connectivity index (χ2v) is 9.82. The standard InChI is InChI=1S/C23H23ClN2O4S/c1-5-30-15-7-9-18-17(11-15)13(2)12-23(3,4)25(18)22(27)21-20(24)16-8-6-14(26(28)29)10-19(16)31-21/h6-11,13H,5,12H2,1-4H3/t13-/m1/s1. The number of halogens is 1. The number of hydrogen-bond acceptors (Lipinski definition) is 5. The largest absolute Gasteiger partial charge is 0.494 e. The first-order valence-corrected chi connectivity index (χ1v) is 11.3. The van der Waals surface area contributed by atoms with E-state index in [1.807, 2.05) is 43.9 Å². The predicted octanol–water partition coefficient (Wildman–Crippen LogP) is 6.79. The number of non-ortho nitro benzene ring substituents is 1. The molecule has 8 heteroatoms. The Morgan fingerprint density at radius 1 is 1.32 bits per heavy atom. The molecule has 1 aromatic heterocycles. The molecule has 0 spiro atoms. The van der Waals surface area contributed by atoms with Crippen LogP contribution < -0.4 is 9.64 Å². The van der Waals surface area contributed by atoms with Crippen LogP contribution in [0.1, 0.15) is 55.3 Å². The van der Waals surface area contributed by atoms with Crippen molar-refractivity contribution in [3.63, 3.8) is 0 Å². The zero-order valence-corrected chi connectivity index (χ0v) is 19.3. The average Bonchev–Trinajstić information content (AvgIpc) is 3.04. The van der Waals surface area contributed by atoms with Crippen LogP contribution in [0.3, 0.4) is 0 Å². The van der Waals surface area contributed by atoms with E-state index in [4.69, 9.17) is 16.3 Å². The highest BCUT2D eigenvalue weighted by atomic mass is 35.5. The SMILES string of the molecule is CCOc1ccc2c(c1)[C@H](C)CC(C)(C)N2C(=O)c1sc2cc([N+](=O)[O-])ccc2c1Cl. The molecule has 0 radical (unpaired) electrons. The van der Waals surface area contributed by atoms with Crippen molar-refractivity contribution < 1.29 is 14.5 Å². The third-order valence-electron chi connectivity index (χ3n) is 5.71. The maximum Gasteiger partial charge on any atom is 0.270 e. The summed E-state index contributed by atoms with van der Waals surface area (Å²) in [5.41, 5.74) is 1.45. The van der Waals surface area contributed by atoms with Gasteiger partial charge < -0.3 is 9.64 Å². The quantitative estimate of drug-likeness (QED) is 0.318. The summed E-state index contributed by atoms with van der Waals surface area (Å²) in [7, 11) is 0. The first-order valence-electron chi connectivity index (χ1n) is 10.1. The van der Waals surface area contributed by atoms with E-state index in [2.05, 4.69) is 6.92 Å². The van der Waals surface area contributed by atoms with Crippen molar-refractivity contribution in [1.82, 2.24) is 0 Å². The molecule has 0 N–H and O–H groups in total. The lowest BCUT2D eigenvalue weighted by Gasteiger charge is -2.46. The molecule has 3 aromatic rings. The molecule has 2 aromatic carbocycles. The lowest BCUT2D eigenvalue weighted by molar-refractivity contribution is -0.384. The number of ether oxygens (including phenoxy) is 1. The third kappa shape index (κ3) is 3.66. The van der Waals surface area contributed by atoms with Crippen LogP contribution in [0.15, 0.2) is 36.4 Å². The van der Waals surface area contributed by atoms with Gasteiger partial charge in [-0.25, -0.2) is 0 Å². The molecule has 1 amide bonds. The number of hydrogen-bond donors (Lipinski definition) is 0. The highest BCUT2D eigenvalue weighted by Crippen LogP contribution is 2.47. The molecule has 0 bridgehead atoms. The van der Waals surface area contributed by atoms with Crippen LogP contribution in [0.5, 0.6) is 5.75 Å². The molecular formula is C23H23ClN2O4S. The topological polar surface area (TPSA) is 72.7 Å². The number of nitro groups is 1. The molecule has 4 rings (SSSR count). The molecule has 1 aliphatic heterocycles. The van der Waals surface area contributed by atoms with E-state index in [0.29, 0.717) is 26.6 Å². The number of rotatable bonds is 4. The van der Waals surface area contributed by atoms with Crippen LogP contribution in [-0.2, 0) is 0 Å². The number of amides is 1. The molecule has 1 atom stereocenters. The molecule has 0 saturated heterocycles. The van der Waals surface area contributed by atoms with Crippen LogP contribution in [0, 0.1) is 10.1 Å². The summed E-state index contributed by atoms with van der Waals surface area (Å²) in [4.78, 5) is 26.7. The Bertz CT molecular complexity index is 1200. The van der Waals surface area contributed by atoms with Gasteiger partial charge in [0, 0.05) is 33.4 Å². The predicted molar refractivity (Wildman–Crippen MR) is 125 cm³/mol. The van der Waals surface area contributed by atoms with Crippen molar-refractivity contribution in [2.75, 3.05) is 11.5 Å². The molecule has 0 unspecified atom stereocenters. The van der Waals surface area contributed by atoms with Gasteiger partial charge in [0.1, 0.15) is 10.6 Å². The minimum Gasteiger partial charge on any atom is -0.494 e. The number of carbonyl (C=O) groups is 1. The van der Waals surface area contributed by atoms with Crippen LogP contribution in [0.25, 0.3) is 10.1 Å². The highest BCUT2D eigenvalue weighted by Gasteiger charge is 2.41. The van der Waals surface area contributed by atoms with E-state index < -0.39 is 10.5 Å². The highest BCUT2D eigenvalue weighted by molar-refractivity contribution is 7.21. The van der Waals surface area contributed by atoms with Gasteiger partial charge in [-0.3, -0.25) is 14.9 Å². The van der Waals surface area contributed by atoms with Crippen molar-refractivity contribution in [2.24, 2.45) is 0 Å². The van der Waals surface area contributed by atoms with E-state index >= 15 is 0 Å². The molecule has 1 aliphatic rings. The van der Waals surface area contributed by atoms with Gasteiger partial charge >= 0.3 is 0 Å². The summed E-state index contributed by atoms with van der Waals surface area (Å²) in [5.74, 6) is 0.846. The van der Waals surface area contributed by atoms with Crippen LogP contribution in [0.4, 0.5) is 11.4 Å². The van der Waals surface area contributed by atoms with E-state index in [0.717, 1.165) is 23.4 Å². The van der Waals surface area contributed by atoms with Crippen molar-refractivity contribution in [3.05, 3.63) is 62.0 Å². The Hall–Kier alpha value is -2.64. The van der Waals surface area contributed by atoms with Crippen molar-refractivity contribution in [3.8, 4) is 5.75 Å². The monoisotopic (exact) mass is 458 g/mol. The first kappa shape index (κ1) is 21.6. The lowest BCUT2D eigenvalue weighted by Crippen LogP contribution is -2.51. The Balaban J connectivity index is 1.83. The van der Waals surface area contributed by atoms with E-state index in [1.165, 1.54) is 23.5 Å². The fraction of sp³-hybridized carbons (Fsp3) is 0.348. The van der Waals surface area contributed by atoms with E-state index in [-0.39, 0.29) is 17.5 Å². The van der Waals surface area contributed by atoms with Crippen molar-refractivity contribution in [2.45, 2.75) is 45.6 Å². The van der Waals surface area contributed by atoms with Gasteiger partial charge in [0.05, 0.1) is 16.6 Å². The van der Waals surface area contributed by atoms with Gasteiger partial charge in [-0.2, -0.15) is 0 Å². The number of nitrogens with zero attached hydrogens (tertiary/aromatic N) is 2. The zero-order valence-electron chi connectivity index (χ0n) is 17.8. The second kappa shape index (κ2) is 7.80. The zero-order chi connectivity index (χ0) is 22.5. The number of nitro benzene ring substituents is 1. The summed E-state index contributed by atoms with van der Waals surface area (Å²) in [5, 5.41) is 12.1. The van der Waals surface area contributed by atoms with Gasteiger partial charge in [0.2, 0.25) is 0 Å². The smallest absolute Gasteiger partial charge is 0.270 e. The molecule has 2 heterocycles. The van der Waals surface area contributed by atoms with Crippen molar-refractivity contribution >= 4 is 50.3 Å². The summed E-state index contributed by atoms with van der Waals surface area (Å²) >= 11 is 7.78. The van der Waals surface area contributed by atoms with Gasteiger partial charge in [-0.15, -0.1) is 11.3 Å².